The standard InChI is InChI=1S/C21H23NO3/c23-17-20(13-7-8-14-21(24)25)22(15-18-9-3-1-4-10-18)16-19-11-5-2-6-12-19/h1-6,8-12,14,17,20H,7,13,15-16H2,(H,24,25)/t20-/m1/s1. The minimum absolute atomic E-state index is 0.265. The van der Waals surface area contributed by atoms with Gasteiger partial charge in [0.1, 0.15) is 6.29 Å². The van der Waals surface area contributed by atoms with E-state index in [0.717, 1.165) is 23.5 Å². The predicted molar refractivity (Wildman–Crippen MR) is 98.0 cm³/mol. The highest BCUT2D eigenvalue weighted by Gasteiger charge is 2.18. The Morgan fingerprint density at radius 1 is 0.960 bits per heavy atom. The Bertz CT molecular complexity index is 641. The molecule has 0 unspecified atom stereocenters. The number of carbonyl (C=O) groups excluding carboxylic acids is 1. The van der Waals surface area contributed by atoms with E-state index in [1.54, 1.807) is 6.08 Å². The fourth-order valence-corrected chi connectivity index (χ4v) is 2.71. The van der Waals surface area contributed by atoms with Gasteiger partial charge in [-0.2, -0.15) is 0 Å². The highest BCUT2D eigenvalue weighted by Crippen LogP contribution is 2.16. The zero-order valence-electron chi connectivity index (χ0n) is 14.1. The lowest BCUT2D eigenvalue weighted by atomic mass is 10.1. The van der Waals surface area contributed by atoms with Gasteiger partial charge in [0.2, 0.25) is 0 Å². The first kappa shape index (κ1) is 18.6. The molecule has 0 bridgehead atoms. The molecular weight excluding hydrogens is 314 g/mol. The van der Waals surface area contributed by atoms with Crippen LogP contribution in [0.1, 0.15) is 24.0 Å². The summed E-state index contributed by atoms with van der Waals surface area (Å²) in [6.07, 6.45) is 4.83. The van der Waals surface area contributed by atoms with E-state index in [4.69, 9.17) is 5.11 Å². The number of hydrogen-bond donors (Lipinski definition) is 1. The first-order valence-electron chi connectivity index (χ1n) is 8.35. The third-order valence-electron chi connectivity index (χ3n) is 3.97. The van der Waals surface area contributed by atoms with E-state index < -0.39 is 5.97 Å². The van der Waals surface area contributed by atoms with Crippen LogP contribution in [0.4, 0.5) is 0 Å². The van der Waals surface area contributed by atoms with Crippen LogP contribution in [0, 0.1) is 0 Å². The number of benzene rings is 2. The van der Waals surface area contributed by atoms with Crippen LogP contribution in [0.3, 0.4) is 0 Å². The van der Waals surface area contributed by atoms with E-state index in [9.17, 15) is 9.59 Å². The second kappa shape index (κ2) is 10.2. The minimum atomic E-state index is -0.965. The molecule has 4 heteroatoms. The van der Waals surface area contributed by atoms with Crippen LogP contribution < -0.4 is 0 Å². The molecule has 2 aromatic rings. The summed E-state index contributed by atoms with van der Waals surface area (Å²) in [6, 6.07) is 19.8. The van der Waals surface area contributed by atoms with Crippen LogP contribution in [0.25, 0.3) is 0 Å². The van der Waals surface area contributed by atoms with Crippen molar-refractivity contribution in [1.82, 2.24) is 4.90 Å². The van der Waals surface area contributed by atoms with Gasteiger partial charge in [0.25, 0.3) is 0 Å². The number of allylic oxidation sites excluding steroid dienone is 1. The summed E-state index contributed by atoms with van der Waals surface area (Å²) in [5, 5.41) is 8.67. The summed E-state index contributed by atoms with van der Waals surface area (Å²) in [6.45, 7) is 1.34. The topological polar surface area (TPSA) is 57.6 Å². The first-order valence-corrected chi connectivity index (χ1v) is 8.35. The predicted octanol–water partition coefficient (Wildman–Crippen LogP) is 3.68. The molecule has 0 fully saturated rings. The Labute approximate surface area is 148 Å². The molecule has 0 aliphatic carbocycles. The van der Waals surface area contributed by atoms with Crippen LogP contribution in [-0.2, 0) is 22.7 Å². The number of carboxylic acid groups (broad SMARTS) is 1. The zero-order valence-corrected chi connectivity index (χ0v) is 14.1. The molecule has 0 saturated carbocycles. The molecule has 0 radical (unpaired) electrons. The fourth-order valence-electron chi connectivity index (χ4n) is 2.71. The van der Waals surface area contributed by atoms with Gasteiger partial charge in [-0.05, 0) is 24.0 Å². The van der Waals surface area contributed by atoms with Gasteiger partial charge >= 0.3 is 5.97 Å². The maximum absolute atomic E-state index is 11.7. The zero-order chi connectivity index (χ0) is 17.9. The van der Waals surface area contributed by atoms with Gasteiger partial charge in [0.05, 0.1) is 6.04 Å². The number of aliphatic carboxylic acids is 1. The lowest BCUT2D eigenvalue weighted by Crippen LogP contribution is -2.35. The highest BCUT2D eigenvalue weighted by atomic mass is 16.4. The molecule has 4 nitrogen and oxygen atoms in total. The highest BCUT2D eigenvalue weighted by molar-refractivity contribution is 5.79. The first-order chi connectivity index (χ1) is 12.2. The molecule has 1 atom stereocenters. The Morgan fingerprint density at radius 2 is 1.48 bits per heavy atom. The second-order valence-corrected chi connectivity index (χ2v) is 5.90. The molecule has 0 aromatic heterocycles. The molecular formula is C21H23NO3. The SMILES string of the molecule is O=C[C@@H](CCC=CC(=O)O)N(Cc1ccccc1)Cc1ccccc1. The van der Waals surface area contributed by atoms with E-state index in [-0.39, 0.29) is 6.04 Å². The van der Waals surface area contributed by atoms with Gasteiger partial charge in [-0.25, -0.2) is 4.79 Å². The average Bonchev–Trinajstić information content (AvgIpc) is 2.63. The Balaban J connectivity index is 2.10. The summed E-state index contributed by atoms with van der Waals surface area (Å²) in [7, 11) is 0. The maximum Gasteiger partial charge on any atom is 0.327 e. The third kappa shape index (κ3) is 6.73. The molecule has 0 spiro atoms. The van der Waals surface area contributed by atoms with Crippen LogP contribution >= 0.6 is 0 Å². The summed E-state index contributed by atoms with van der Waals surface area (Å²) in [5.74, 6) is -0.965. The van der Waals surface area contributed by atoms with Crippen molar-refractivity contribution in [3.8, 4) is 0 Å². The van der Waals surface area contributed by atoms with Crippen molar-refractivity contribution >= 4 is 12.3 Å². The van der Waals surface area contributed by atoms with Gasteiger partial charge in [0.15, 0.2) is 0 Å². The van der Waals surface area contributed by atoms with Crippen molar-refractivity contribution in [1.29, 1.82) is 0 Å². The van der Waals surface area contributed by atoms with Crippen LogP contribution in [0.2, 0.25) is 0 Å². The van der Waals surface area contributed by atoms with Crippen molar-refractivity contribution in [2.24, 2.45) is 0 Å². The molecule has 0 aliphatic rings. The summed E-state index contributed by atoms with van der Waals surface area (Å²) < 4.78 is 0. The molecule has 2 aromatic carbocycles. The maximum atomic E-state index is 11.7. The van der Waals surface area contributed by atoms with Crippen molar-refractivity contribution in [3.63, 3.8) is 0 Å². The van der Waals surface area contributed by atoms with Gasteiger partial charge in [0, 0.05) is 19.2 Å². The van der Waals surface area contributed by atoms with Gasteiger partial charge in [-0.1, -0.05) is 66.7 Å². The van der Waals surface area contributed by atoms with Gasteiger partial charge in [-0.3, -0.25) is 4.90 Å². The summed E-state index contributed by atoms with van der Waals surface area (Å²) in [5.41, 5.74) is 2.29. The van der Waals surface area contributed by atoms with Crippen molar-refractivity contribution in [2.45, 2.75) is 32.0 Å². The number of carboxylic acids is 1. The minimum Gasteiger partial charge on any atom is -0.478 e. The normalized spacial score (nSPS) is 12.4. The number of aldehydes is 1. The molecule has 25 heavy (non-hydrogen) atoms. The van der Waals surface area contributed by atoms with Crippen molar-refractivity contribution in [2.75, 3.05) is 0 Å². The number of nitrogens with zero attached hydrogens (tertiary/aromatic N) is 1. The molecule has 2 rings (SSSR count). The van der Waals surface area contributed by atoms with Crippen molar-refractivity contribution in [3.05, 3.63) is 83.9 Å². The van der Waals surface area contributed by atoms with E-state index in [1.807, 2.05) is 60.7 Å². The molecule has 0 saturated heterocycles. The van der Waals surface area contributed by atoms with Crippen molar-refractivity contribution < 1.29 is 14.7 Å². The average molecular weight is 337 g/mol. The van der Waals surface area contributed by atoms with Gasteiger partial charge < -0.3 is 9.90 Å². The smallest absolute Gasteiger partial charge is 0.327 e. The largest absolute Gasteiger partial charge is 0.478 e. The molecule has 130 valence electrons. The molecule has 0 heterocycles. The summed E-state index contributed by atoms with van der Waals surface area (Å²) in [4.78, 5) is 24.4. The van der Waals surface area contributed by atoms with E-state index in [1.165, 1.54) is 0 Å². The Hall–Kier alpha value is -2.72. The van der Waals surface area contributed by atoms with Crippen LogP contribution in [0.5, 0.6) is 0 Å². The lowest BCUT2D eigenvalue weighted by Gasteiger charge is -2.28. The van der Waals surface area contributed by atoms with Crippen LogP contribution in [-0.4, -0.2) is 28.3 Å². The second-order valence-electron chi connectivity index (χ2n) is 5.90. The monoisotopic (exact) mass is 337 g/mol. The lowest BCUT2D eigenvalue weighted by molar-refractivity contribution is -0.131. The van der Waals surface area contributed by atoms with E-state index in [0.29, 0.717) is 25.9 Å². The Kier molecular flexibility index (Phi) is 7.60. The Morgan fingerprint density at radius 3 is 1.92 bits per heavy atom. The van der Waals surface area contributed by atoms with Gasteiger partial charge in [-0.15, -0.1) is 0 Å². The number of carbonyl (C=O) groups is 2. The quantitative estimate of drug-likeness (QED) is 0.531. The van der Waals surface area contributed by atoms with E-state index in [2.05, 4.69) is 4.90 Å². The van der Waals surface area contributed by atoms with Crippen LogP contribution in [0.15, 0.2) is 72.8 Å². The summed E-state index contributed by atoms with van der Waals surface area (Å²) >= 11 is 0. The molecule has 0 aliphatic heterocycles. The molecule has 0 amide bonds. The van der Waals surface area contributed by atoms with E-state index >= 15 is 0 Å². The molecule has 1 N–H and O–H groups in total. The third-order valence-corrected chi connectivity index (χ3v) is 3.97. The number of rotatable bonds is 10. The fraction of sp³-hybridized carbons (Fsp3) is 0.238. The number of hydrogen-bond acceptors (Lipinski definition) is 3.